The first-order chi connectivity index (χ1) is 14.4. The molecule has 3 N–H and O–H groups in total. The van der Waals surface area contributed by atoms with E-state index in [1.165, 1.54) is 30.3 Å². The maximum atomic E-state index is 13.9. The zero-order valence-corrected chi connectivity index (χ0v) is 15.7. The number of fused-ring (bicyclic) bond motifs is 1. The SMILES string of the molecule is CCc1nc2cc(F)c(F)cc2n1-c1cc(N)nc(Nc2ccc(C(F)F)cc2)n1. The Bertz CT molecular complexity index is 1220. The molecule has 6 nitrogen and oxygen atoms in total. The third kappa shape index (κ3) is 3.63. The monoisotopic (exact) mass is 416 g/mol. The van der Waals surface area contributed by atoms with E-state index in [0.29, 0.717) is 29.3 Å². The fraction of sp³-hybridized carbons (Fsp3) is 0.150. The van der Waals surface area contributed by atoms with Gasteiger partial charge in [0.05, 0.1) is 11.0 Å². The lowest BCUT2D eigenvalue weighted by atomic mass is 10.2. The number of nitrogen functional groups attached to an aromatic ring is 1. The number of benzene rings is 2. The van der Waals surface area contributed by atoms with Crippen molar-refractivity contribution in [3.05, 3.63) is 65.5 Å². The molecule has 4 aromatic rings. The van der Waals surface area contributed by atoms with Crippen LogP contribution in [0.1, 0.15) is 24.7 Å². The van der Waals surface area contributed by atoms with Gasteiger partial charge in [-0.25, -0.2) is 22.5 Å². The average Bonchev–Trinajstić information content (AvgIpc) is 3.05. The summed E-state index contributed by atoms with van der Waals surface area (Å²) in [5.41, 5.74) is 6.89. The molecule has 0 aliphatic heterocycles. The van der Waals surface area contributed by atoms with E-state index in [0.717, 1.165) is 12.1 Å². The molecule has 4 rings (SSSR count). The van der Waals surface area contributed by atoms with Gasteiger partial charge in [-0.15, -0.1) is 0 Å². The molecule has 0 spiro atoms. The lowest BCUT2D eigenvalue weighted by molar-refractivity contribution is 0.151. The summed E-state index contributed by atoms with van der Waals surface area (Å²) in [5, 5.41) is 2.90. The van der Waals surface area contributed by atoms with E-state index >= 15 is 0 Å². The highest BCUT2D eigenvalue weighted by Gasteiger charge is 2.17. The van der Waals surface area contributed by atoms with Crippen molar-refractivity contribution < 1.29 is 17.6 Å². The second-order valence-corrected chi connectivity index (χ2v) is 6.49. The van der Waals surface area contributed by atoms with Crippen LogP contribution >= 0.6 is 0 Å². The molecule has 0 saturated heterocycles. The molecule has 0 aliphatic rings. The minimum absolute atomic E-state index is 0.110. The van der Waals surface area contributed by atoms with E-state index in [4.69, 9.17) is 5.73 Å². The minimum Gasteiger partial charge on any atom is -0.383 e. The lowest BCUT2D eigenvalue weighted by Gasteiger charge is -2.11. The van der Waals surface area contributed by atoms with Crippen molar-refractivity contribution in [2.24, 2.45) is 0 Å². The Morgan fingerprint density at radius 3 is 2.37 bits per heavy atom. The molecule has 0 unspecified atom stereocenters. The first kappa shape index (κ1) is 19.6. The second-order valence-electron chi connectivity index (χ2n) is 6.49. The molecule has 0 atom stereocenters. The third-order valence-corrected chi connectivity index (χ3v) is 4.46. The molecule has 10 heteroatoms. The third-order valence-electron chi connectivity index (χ3n) is 4.46. The van der Waals surface area contributed by atoms with Crippen LogP contribution < -0.4 is 11.1 Å². The van der Waals surface area contributed by atoms with Gasteiger partial charge in [-0.2, -0.15) is 9.97 Å². The molecule has 2 aromatic carbocycles. The molecule has 30 heavy (non-hydrogen) atoms. The average molecular weight is 416 g/mol. The van der Waals surface area contributed by atoms with Gasteiger partial charge in [-0.1, -0.05) is 19.1 Å². The highest BCUT2D eigenvalue weighted by molar-refractivity contribution is 5.78. The first-order valence-electron chi connectivity index (χ1n) is 9.02. The zero-order valence-electron chi connectivity index (χ0n) is 15.7. The fourth-order valence-corrected chi connectivity index (χ4v) is 3.08. The van der Waals surface area contributed by atoms with Gasteiger partial charge >= 0.3 is 0 Å². The van der Waals surface area contributed by atoms with Gasteiger partial charge in [0, 0.05) is 35.9 Å². The summed E-state index contributed by atoms with van der Waals surface area (Å²) in [5.74, 6) is -0.934. The Morgan fingerprint density at radius 1 is 1.00 bits per heavy atom. The number of nitrogens with one attached hydrogen (secondary N) is 1. The van der Waals surface area contributed by atoms with Gasteiger partial charge < -0.3 is 11.1 Å². The van der Waals surface area contributed by atoms with Crippen molar-refractivity contribution in [2.45, 2.75) is 19.8 Å². The number of anilines is 3. The predicted molar refractivity (Wildman–Crippen MR) is 105 cm³/mol. The molecule has 0 radical (unpaired) electrons. The maximum Gasteiger partial charge on any atom is 0.263 e. The summed E-state index contributed by atoms with van der Waals surface area (Å²) in [7, 11) is 0. The van der Waals surface area contributed by atoms with Gasteiger partial charge in [0.1, 0.15) is 17.5 Å². The Kier molecular flexibility index (Phi) is 4.98. The number of nitrogens with two attached hydrogens (primary N) is 1. The molecule has 0 fully saturated rings. The van der Waals surface area contributed by atoms with Crippen molar-refractivity contribution in [1.82, 2.24) is 19.5 Å². The Morgan fingerprint density at radius 2 is 1.70 bits per heavy atom. The Balaban J connectivity index is 1.77. The van der Waals surface area contributed by atoms with E-state index in [2.05, 4.69) is 20.3 Å². The number of imidazole rings is 1. The summed E-state index contributed by atoms with van der Waals surface area (Å²) in [6.07, 6.45) is -2.10. The molecule has 0 bridgehead atoms. The van der Waals surface area contributed by atoms with Crippen molar-refractivity contribution >= 4 is 28.5 Å². The molecule has 2 aromatic heterocycles. The van der Waals surface area contributed by atoms with Crippen LogP contribution in [0.15, 0.2) is 42.5 Å². The molecular weight excluding hydrogens is 400 g/mol. The smallest absolute Gasteiger partial charge is 0.263 e. The largest absolute Gasteiger partial charge is 0.383 e. The molecule has 0 aliphatic carbocycles. The van der Waals surface area contributed by atoms with Crippen LogP contribution in [0.3, 0.4) is 0 Å². The van der Waals surface area contributed by atoms with E-state index in [1.807, 2.05) is 6.92 Å². The summed E-state index contributed by atoms with van der Waals surface area (Å²) in [4.78, 5) is 12.8. The van der Waals surface area contributed by atoms with Crippen LogP contribution in [0.5, 0.6) is 0 Å². The van der Waals surface area contributed by atoms with Gasteiger partial charge in [0.25, 0.3) is 6.43 Å². The number of nitrogens with zero attached hydrogens (tertiary/aromatic N) is 4. The number of aromatic nitrogens is 4. The number of hydrogen-bond donors (Lipinski definition) is 2. The van der Waals surface area contributed by atoms with Crippen molar-refractivity contribution in [3.8, 4) is 5.82 Å². The summed E-state index contributed by atoms with van der Waals surface area (Å²) in [6, 6.07) is 9.06. The first-order valence-corrected chi connectivity index (χ1v) is 9.02. The summed E-state index contributed by atoms with van der Waals surface area (Å²) in [6.45, 7) is 1.85. The van der Waals surface area contributed by atoms with Crippen LogP contribution in [0.2, 0.25) is 0 Å². The number of alkyl halides is 2. The topological polar surface area (TPSA) is 81.7 Å². The predicted octanol–water partition coefficient (Wildman–Crippen LogP) is 4.92. The quantitative estimate of drug-likeness (QED) is 0.452. The molecular formula is C20H16F4N6. The van der Waals surface area contributed by atoms with Gasteiger partial charge in [0.15, 0.2) is 11.6 Å². The molecule has 154 valence electrons. The second kappa shape index (κ2) is 7.62. The Labute approximate surface area is 168 Å². The van der Waals surface area contributed by atoms with Crippen molar-refractivity contribution in [3.63, 3.8) is 0 Å². The van der Waals surface area contributed by atoms with Gasteiger partial charge in [-0.05, 0) is 12.1 Å². The minimum atomic E-state index is -2.57. The van der Waals surface area contributed by atoms with E-state index in [1.54, 1.807) is 4.57 Å². The number of rotatable bonds is 5. The van der Waals surface area contributed by atoms with E-state index in [-0.39, 0.29) is 22.8 Å². The normalized spacial score (nSPS) is 11.4. The van der Waals surface area contributed by atoms with Crippen molar-refractivity contribution in [1.29, 1.82) is 0 Å². The standard InChI is InChI=1S/C20H16F4N6/c1-2-17-27-14-7-12(21)13(22)8-15(14)30(17)18-9-16(25)28-20(29-18)26-11-5-3-10(4-6-11)19(23)24/h3-9,19H,2H2,1H3,(H3,25,26,28,29). The summed E-state index contributed by atoms with van der Waals surface area (Å²) < 4.78 is 54.5. The van der Waals surface area contributed by atoms with Crippen molar-refractivity contribution in [2.75, 3.05) is 11.1 Å². The van der Waals surface area contributed by atoms with Crippen LogP contribution in [0.25, 0.3) is 16.9 Å². The maximum absolute atomic E-state index is 13.9. The van der Waals surface area contributed by atoms with Gasteiger partial charge in [-0.3, -0.25) is 4.57 Å². The highest BCUT2D eigenvalue weighted by atomic mass is 19.3. The highest BCUT2D eigenvalue weighted by Crippen LogP contribution is 2.26. The lowest BCUT2D eigenvalue weighted by Crippen LogP contribution is -2.08. The fourth-order valence-electron chi connectivity index (χ4n) is 3.08. The molecule has 2 heterocycles. The van der Waals surface area contributed by atoms with Crippen LogP contribution in [0.4, 0.5) is 35.0 Å². The number of halogens is 4. The van der Waals surface area contributed by atoms with Crippen LogP contribution in [-0.4, -0.2) is 19.5 Å². The van der Waals surface area contributed by atoms with E-state index < -0.39 is 18.1 Å². The molecule has 0 amide bonds. The number of hydrogen-bond acceptors (Lipinski definition) is 5. The zero-order chi connectivity index (χ0) is 21.4. The summed E-state index contributed by atoms with van der Waals surface area (Å²) >= 11 is 0. The van der Waals surface area contributed by atoms with Crippen LogP contribution in [-0.2, 0) is 6.42 Å². The molecule has 0 saturated carbocycles. The van der Waals surface area contributed by atoms with E-state index in [9.17, 15) is 17.6 Å². The number of aryl methyl sites for hydroxylation is 1. The Hall–Kier alpha value is -3.69. The van der Waals surface area contributed by atoms with Gasteiger partial charge in [0.2, 0.25) is 5.95 Å². The van der Waals surface area contributed by atoms with Crippen LogP contribution in [0, 0.1) is 11.6 Å².